The maximum absolute atomic E-state index is 14.7. The van der Waals surface area contributed by atoms with Crippen LogP contribution in [0.25, 0.3) is 21.8 Å². The molecule has 2 heterocycles. The molecule has 0 bridgehead atoms. The largest absolute Gasteiger partial charge is 0.477 e. The highest BCUT2D eigenvalue weighted by Crippen LogP contribution is 2.26. The molecule has 6 aromatic rings. The Balaban J connectivity index is 0.000000200. The first-order chi connectivity index (χ1) is 25.3. The number of halogens is 3. The molecule has 0 atom stereocenters. The van der Waals surface area contributed by atoms with Crippen molar-refractivity contribution in [2.45, 2.75) is 40.0 Å². The average molecular weight is 745 g/mol. The molecule has 0 aliphatic carbocycles. The van der Waals surface area contributed by atoms with Gasteiger partial charge in [0.1, 0.15) is 22.8 Å². The van der Waals surface area contributed by atoms with Gasteiger partial charge in [-0.25, -0.2) is 18.4 Å². The molecule has 0 spiro atoms. The highest BCUT2D eigenvalue weighted by Gasteiger charge is 2.19. The maximum Gasteiger partial charge on any atom is 0.341 e. The summed E-state index contributed by atoms with van der Waals surface area (Å²) in [4.78, 5) is 48.3. The molecule has 53 heavy (non-hydrogen) atoms. The van der Waals surface area contributed by atoms with Crippen LogP contribution >= 0.6 is 11.6 Å². The molecular weight excluding hydrogens is 706 g/mol. The van der Waals surface area contributed by atoms with Gasteiger partial charge in [-0.05, 0) is 56.3 Å². The number of hydrogen-bond acceptors (Lipinski definition) is 6. The third-order valence-electron chi connectivity index (χ3n) is 8.31. The van der Waals surface area contributed by atoms with Crippen LogP contribution in [-0.4, -0.2) is 45.4 Å². The minimum absolute atomic E-state index is 0.0126. The normalized spacial score (nSPS) is 10.6. The SMILES string of the molecule is CCn1cc(C(=O)O)c(=O)c2cc(F)c(Cl)cc21.CCn1cc(C(=O)O)c(=O)c2cc(F)c(N(C)Cc3ccccc3)cc21.CNCc1ccccc1. The van der Waals surface area contributed by atoms with Gasteiger partial charge >= 0.3 is 11.9 Å². The molecule has 6 rings (SSSR count). The van der Waals surface area contributed by atoms with Crippen molar-refractivity contribution in [3.05, 3.63) is 157 Å². The Morgan fingerprint density at radius 1 is 0.736 bits per heavy atom. The molecule has 0 amide bonds. The Labute approximate surface area is 309 Å². The zero-order valence-corrected chi connectivity index (χ0v) is 30.3. The van der Waals surface area contributed by atoms with Crippen LogP contribution in [0.1, 0.15) is 45.7 Å². The molecule has 10 nitrogen and oxygen atoms in total. The van der Waals surface area contributed by atoms with E-state index >= 15 is 0 Å². The zero-order chi connectivity index (χ0) is 38.8. The lowest BCUT2D eigenvalue weighted by molar-refractivity contribution is 0.0684. The Bertz CT molecular complexity index is 2370. The monoisotopic (exact) mass is 744 g/mol. The van der Waals surface area contributed by atoms with Gasteiger partial charge in [0.15, 0.2) is 0 Å². The summed E-state index contributed by atoms with van der Waals surface area (Å²) < 4.78 is 31.3. The third-order valence-corrected chi connectivity index (χ3v) is 8.60. The number of hydrogen-bond donors (Lipinski definition) is 3. The lowest BCUT2D eigenvalue weighted by Crippen LogP contribution is -2.21. The number of carboxylic acid groups (broad SMARTS) is 2. The van der Waals surface area contributed by atoms with Crippen molar-refractivity contribution < 1.29 is 28.6 Å². The van der Waals surface area contributed by atoms with Crippen LogP contribution in [0.15, 0.2) is 107 Å². The van der Waals surface area contributed by atoms with Crippen LogP contribution in [0.4, 0.5) is 14.5 Å². The van der Waals surface area contributed by atoms with E-state index in [9.17, 15) is 33.1 Å². The number of aryl methyl sites for hydroxylation is 2. The Morgan fingerprint density at radius 2 is 1.19 bits per heavy atom. The van der Waals surface area contributed by atoms with E-state index < -0.39 is 34.4 Å². The molecule has 0 aliphatic heterocycles. The number of carboxylic acids is 2. The van der Waals surface area contributed by atoms with Crippen molar-refractivity contribution in [1.82, 2.24) is 14.5 Å². The smallest absolute Gasteiger partial charge is 0.341 e. The molecule has 3 N–H and O–H groups in total. The van der Waals surface area contributed by atoms with Crippen molar-refractivity contribution in [2.24, 2.45) is 0 Å². The number of aromatic carboxylic acids is 2. The van der Waals surface area contributed by atoms with Crippen molar-refractivity contribution in [1.29, 1.82) is 0 Å². The molecule has 0 fully saturated rings. The molecule has 4 aromatic carbocycles. The van der Waals surface area contributed by atoms with Gasteiger partial charge in [-0.1, -0.05) is 72.3 Å². The first kappa shape index (κ1) is 39.9. The summed E-state index contributed by atoms with van der Waals surface area (Å²) in [7, 11) is 3.73. The fourth-order valence-corrected chi connectivity index (χ4v) is 5.81. The van der Waals surface area contributed by atoms with Gasteiger partial charge in [0, 0.05) is 56.4 Å². The maximum atomic E-state index is 14.7. The molecule has 13 heteroatoms. The van der Waals surface area contributed by atoms with E-state index in [2.05, 4.69) is 17.4 Å². The highest BCUT2D eigenvalue weighted by molar-refractivity contribution is 6.31. The van der Waals surface area contributed by atoms with Crippen LogP contribution in [0, 0.1) is 11.6 Å². The van der Waals surface area contributed by atoms with Crippen LogP contribution in [0.3, 0.4) is 0 Å². The van der Waals surface area contributed by atoms with E-state index in [1.54, 1.807) is 34.1 Å². The first-order valence-corrected chi connectivity index (χ1v) is 17.0. The molecule has 0 aliphatic rings. The summed E-state index contributed by atoms with van der Waals surface area (Å²) in [5.74, 6) is -3.95. The van der Waals surface area contributed by atoms with Gasteiger partial charge < -0.3 is 29.6 Å². The summed E-state index contributed by atoms with van der Waals surface area (Å²) in [6.45, 7) is 6.00. The molecule has 0 unspecified atom stereocenters. The number of fused-ring (bicyclic) bond motifs is 2. The standard InChI is InChI=1S/C20H19FN2O3.C12H9ClFNO3.C8H11N/c1-3-23-12-15(20(25)26)19(24)14-9-16(21)18(10-17(14)23)22(2)11-13-7-5-4-6-8-13;1-2-15-5-7(12(17)18)11(16)6-3-9(14)8(13)4-10(6)15;1-9-7-8-5-3-2-4-6-8/h4-10,12H,3,11H2,1-2H3,(H,25,26);3-5H,2H2,1H3,(H,17,18);2-6,9H,7H2,1H3. The first-order valence-electron chi connectivity index (χ1n) is 16.6. The topological polar surface area (TPSA) is 134 Å². The van der Waals surface area contributed by atoms with Gasteiger partial charge in [-0.2, -0.15) is 0 Å². The summed E-state index contributed by atoms with van der Waals surface area (Å²) >= 11 is 5.66. The van der Waals surface area contributed by atoms with Gasteiger partial charge in [0.25, 0.3) is 0 Å². The number of anilines is 1. The summed E-state index contributed by atoms with van der Waals surface area (Å²) in [5.41, 5.74) is 1.52. The fourth-order valence-electron chi connectivity index (χ4n) is 5.65. The number of rotatable bonds is 9. The van der Waals surface area contributed by atoms with E-state index in [4.69, 9.17) is 16.7 Å². The molecule has 2 aromatic heterocycles. The highest BCUT2D eigenvalue weighted by atomic mass is 35.5. The summed E-state index contributed by atoms with van der Waals surface area (Å²) in [6.07, 6.45) is 2.55. The van der Waals surface area contributed by atoms with E-state index in [1.165, 1.54) is 24.0 Å². The van der Waals surface area contributed by atoms with Gasteiger partial charge in [0.05, 0.1) is 21.7 Å². The number of pyridine rings is 2. The van der Waals surface area contributed by atoms with Crippen molar-refractivity contribution in [2.75, 3.05) is 19.0 Å². The molecule has 0 radical (unpaired) electrons. The van der Waals surface area contributed by atoms with Crippen LogP contribution in [0.5, 0.6) is 0 Å². The van der Waals surface area contributed by atoms with Crippen molar-refractivity contribution >= 4 is 51.0 Å². The second kappa shape index (κ2) is 18.1. The number of nitrogens with zero attached hydrogens (tertiary/aromatic N) is 3. The number of aromatic nitrogens is 2. The predicted molar refractivity (Wildman–Crippen MR) is 204 cm³/mol. The third kappa shape index (κ3) is 9.53. The average Bonchev–Trinajstić information content (AvgIpc) is 3.14. The van der Waals surface area contributed by atoms with E-state index in [0.717, 1.165) is 24.2 Å². The van der Waals surface area contributed by atoms with E-state index in [-0.39, 0.29) is 26.9 Å². The van der Waals surface area contributed by atoms with Gasteiger partial charge in [-0.3, -0.25) is 9.59 Å². The van der Waals surface area contributed by atoms with Crippen LogP contribution in [-0.2, 0) is 26.2 Å². The Hall–Kier alpha value is -5.85. The second-order valence-corrected chi connectivity index (χ2v) is 12.3. The molecule has 0 saturated heterocycles. The van der Waals surface area contributed by atoms with Gasteiger partial charge in [0.2, 0.25) is 10.9 Å². The van der Waals surface area contributed by atoms with E-state index in [1.807, 2.05) is 62.5 Å². The van der Waals surface area contributed by atoms with Crippen molar-refractivity contribution in [3.63, 3.8) is 0 Å². The van der Waals surface area contributed by atoms with Gasteiger partial charge in [-0.15, -0.1) is 0 Å². The Kier molecular flexibility index (Phi) is 13.6. The quantitative estimate of drug-likeness (QED) is 0.139. The minimum Gasteiger partial charge on any atom is -0.477 e. The Morgan fingerprint density at radius 3 is 1.64 bits per heavy atom. The molecule has 276 valence electrons. The minimum atomic E-state index is -1.33. The number of benzene rings is 4. The molecular formula is C40H39ClF2N4O6. The lowest BCUT2D eigenvalue weighted by atomic mass is 10.1. The molecule has 0 saturated carbocycles. The summed E-state index contributed by atoms with van der Waals surface area (Å²) in [5, 5.41) is 21.2. The number of nitrogens with one attached hydrogen (secondary N) is 1. The van der Waals surface area contributed by atoms with Crippen molar-refractivity contribution in [3.8, 4) is 0 Å². The lowest BCUT2D eigenvalue weighted by Gasteiger charge is -2.21. The van der Waals surface area contributed by atoms with Crippen LogP contribution < -0.4 is 21.1 Å². The number of carbonyl (C=O) groups is 2. The zero-order valence-electron chi connectivity index (χ0n) is 29.6. The van der Waals surface area contributed by atoms with Crippen LogP contribution in [0.2, 0.25) is 5.02 Å². The second-order valence-electron chi connectivity index (χ2n) is 11.9. The fraction of sp³-hybridized carbons (Fsp3) is 0.200. The predicted octanol–water partition coefficient (Wildman–Crippen LogP) is 7.41. The summed E-state index contributed by atoms with van der Waals surface area (Å²) in [6, 6.07) is 25.0. The van der Waals surface area contributed by atoms with E-state index in [0.29, 0.717) is 36.4 Å².